The van der Waals surface area contributed by atoms with Gasteiger partial charge in [-0.3, -0.25) is 0 Å². The summed E-state index contributed by atoms with van der Waals surface area (Å²) in [6, 6.07) is 0. The predicted octanol–water partition coefficient (Wildman–Crippen LogP) is 12.0. The first kappa shape index (κ1) is 42.6. The van der Waals surface area contributed by atoms with Crippen LogP contribution >= 0.6 is 0 Å². The van der Waals surface area contributed by atoms with Gasteiger partial charge in [0.15, 0.2) is 0 Å². The van der Waals surface area contributed by atoms with Crippen molar-refractivity contribution in [1.82, 2.24) is 15.5 Å². The number of nitrogens with zero attached hydrogens (tertiary/aromatic N) is 1. The molecule has 3 nitrogen and oxygen atoms in total. The maximum Gasteiger partial charge on any atom is -0.00157 e. The summed E-state index contributed by atoms with van der Waals surface area (Å²) in [7, 11) is 0. The molecule has 0 aliphatic carbocycles. The van der Waals surface area contributed by atoms with E-state index in [-0.39, 0.29) is 0 Å². The van der Waals surface area contributed by atoms with Crippen LogP contribution in [0.5, 0.6) is 0 Å². The van der Waals surface area contributed by atoms with Crippen LogP contribution in [-0.2, 0) is 0 Å². The van der Waals surface area contributed by atoms with Gasteiger partial charge in [-0.1, -0.05) is 148 Å². The van der Waals surface area contributed by atoms with E-state index in [1.807, 2.05) is 0 Å². The topological polar surface area (TPSA) is 27.3 Å². The Kier molecular flexibility index (Phi) is 37.5. The lowest BCUT2D eigenvalue weighted by Gasteiger charge is -2.22. The Balaban J connectivity index is 3.99. The van der Waals surface area contributed by atoms with Crippen molar-refractivity contribution in [2.24, 2.45) is 0 Å². The van der Waals surface area contributed by atoms with Gasteiger partial charge < -0.3 is 15.5 Å². The van der Waals surface area contributed by atoms with E-state index in [0.29, 0.717) is 0 Å². The smallest absolute Gasteiger partial charge is 0.00157 e. The first-order chi connectivity index (χ1) is 21.2. The van der Waals surface area contributed by atoms with Crippen LogP contribution in [0.1, 0.15) is 201 Å². The summed E-state index contributed by atoms with van der Waals surface area (Å²) in [5, 5.41) is 7.24. The molecule has 0 unspecified atom stereocenters. The van der Waals surface area contributed by atoms with Crippen LogP contribution in [0.4, 0.5) is 0 Å². The van der Waals surface area contributed by atoms with E-state index in [0.717, 1.165) is 0 Å². The van der Waals surface area contributed by atoms with Gasteiger partial charge in [0, 0.05) is 0 Å². The van der Waals surface area contributed by atoms with Crippen molar-refractivity contribution in [2.75, 3.05) is 45.8 Å². The molecule has 0 aliphatic rings. The summed E-state index contributed by atoms with van der Waals surface area (Å²) in [6.07, 6.45) is 38.6. The van der Waals surface area contributed by atoms with Gasteiger partial charge in [0.1, 0.15) is 0 Å². The normalized spacial score (nSPS) is 11.6. The molecule has 258 valence electrons. The second-order valence-corrected chi connectivity index (χ2v) is 13.7. The van der Waals surface area contributed by atoms with Gasteiger partial charge in [0.2, 0.25) is 0 Å². The van der Waals surface area contributed by atoms with Gasteiger partial charge in [0.25, 0.3) is 0 Å². The fraction of sp³-hybridized carbons (Fsp3) is 0.950. The minimum atomic E-state index is 1.20. The molecule has 0 aromatic rings. The van der Waals surface area contributed by atoms with Crippen molar-refractivity contribution in [3.8, 4) is 0 Å². The third kappa shape index (κ3) is 36.0. The Morgan fingerprint density at radius 3 is 1.21 bits per heavy atom. The number of allylic oxidation sites excluding steroid dienone is 1. The van der Waals surface area contributed by atoms with Crippen molar-refractivity contribution in [3.63, 3.8) is 0 Å². The average Bonchev–Trinajstić information content (AvgIpc) is 3.01. The molecule has 2 N–H and O–H groups in total. The number of rotatable bonds is 38. The molecule has 0 rings (SSSR count). The molecule has 0 aliphatic heterocycles. The summed E-state index contributed by atoms with van der Waals surface area (Å²) >= 11 is 0. The van der Waals surface area contributed by atoms with Crippen molar-refractivity contribution >= 4 is 0 Å². The lowest BCUT2D eigenvalue weighted by atomic mass is 10.0. The molecule has 0 aromatic heterocycles. The van der Waals surface area contributed by atoms with Crippen molar-refractivity contribution < 1.29 is 0 Å². The van der Waals surface area contributed by atoms with E-state index >= 15 is 0 Å². The highest BCUT2D eigenvalue weighted by Gasteiger charge is 2.06. The summed E-state index contributed by atoms with van der Waals surface area (Å²) in [5.41, 5.74) is 1.50. The van der Waals surface area contributed by atoms with Crippen LogP contribution < -0.4 is 10.6 Å². The largest absolute Gasteiger partial charge is 0.317 e. The van der Waals surface area contributed by atoms with Crippen molar-refractivity contribution in [2.45, 2.75) is 201 Å². The van der Waals surface area contributed by atoms with Gasteiger partial charge >= 0.3 is 0 Å². The molecule has 0 radical (unpaired) electrons. The molecule has 0 aromatic carbocycles. The van der Waals surface area contributed by atoms with Crippen molar-refractivity contribution in [3.05, 3.63) is 12.2 Å². The number of nitrogens with one attached hydrogen (secondary N) is 2. The highest BCUT2D eigenvalue weighted by molar-refractivity contribution is 4.93. The first-order valence-corrected chi connectivity index (χ1v) is 20.0. The highest BCUT2D eigenvalue weighted by atomic mass is 15.1. The van der Waals surface area contributed by atoms with E-state index in [2.05, 4.69) is 42.9 Å². The lowest BCUT2D eigenvalue weighted by Crippen LogP contribution is -2.27. The minimum Gasteiger partial charge on any atom is -0.317 e. The molecule has 43 heavy (non-hydrogen) atoms. The highest BCUT2D eigenvalue weighted by Crippen LogP contribution is 2.16. The summed E-state index contributed by atoms with van der Waals surface area (Å²) < 4.78 is 0. The fourth-order valence-electron chi connectivity index (χ4n) is 6.16. The van der Waals surface area contributed by atoms with E-state index < -0.39 is 0 Å². The number of hydrogen-bond donors (Lipinski definition) is 2. The Morgan fingerprint density at radius 1 is 0.372 bits per heavy atom. The quantitative estimate of drug-likeness (QED) is 0.0541. The predicted molar refractivity (Wildman–Crippen MR) is 198 cm³/mol. The lowest BCUT2D eigenvalue weighted by molar-refractivity contribution is 0.257. The van der Waals surface area contributed by atoms with Crippen LogP contribution in [-0.4, -0.2) is 50.7 Å². The van der Waals surface area contributed by atoms with Crippen LogP contribution in [0.25, 0.3) is 0 Å². The van der Waals surface area contributed by atoms with Gasteiger partial charge in [-0.15, -0.1) is 0 Å². The van der Waals surface area contributed by atoms with Gasteiger partial charge in [-0.2, -0.15) is 0 Å². The SMILES string of the molecule is C=C(CCCCCCCCNCCCC)CCCN(CCCCCCCCCCCC)CCCCCNCCCCCC. The third-order valence-electron chi connectivity index (χ3n) is 9.21. The zero-order chi connectivity index (χ0) is 31.3. The van der Waals surface area contributed by atoms with Crippen LogP contribution in [0.15, 0.2) is 12.2 Å². The third-order valence-corrected chi connectivity index (χ3v) is 9.21. The monoisotopic (exact) mass is 606 g/mol. The fourth-order valence-corrected chi connectivity index (χ4v) is 6.16. The zero-order valence-corrected chi connectivity index (χ0v) is 30.4. The minimum absolute atomic E-state index is 1.20. The molecule has 0 heterocycles. The van der Waals surface area contributed by atoms with Gasteiger partial charge in [-0.05, 0) is 110 Å². The molecule has 0 bridgehead atoms. The van der Waals surface area contributed by atoms with Gasteiger partial charge in [0.05, 0.1) is 0 Å². The molecule has 0 saturated heterocycles. The van der Waals surface area contributed by atoms with Crippen LogP contribution in [0, 0.1) is 0 Å². The summed E-state index contributed by atoms with van der Waals surface area (Å²) in [6.45, 7) is 20.1. The van der Waals surface area contributed by atoms with Crippen molar-refractivity contribution in [1.29, 1.82) is 0 Å². The van der Waals surface area contributed by atoms with E-state index in [4.69, 9.17) is 0 Å². The standard InChI is InChI=1S/C40H83N3/c1-5-8-11-13-14-15-16-19-22-28-37-43(38-29-23-27-36-42-34-25-12-9-6-2)39-30-32-40(4)31-24-20-17-18-21-26-35-41-33-10-7-3/h41-42H,4-39H2,1-3H3. The number of unbranched alkanes of at least 4 members (excludes halogenated alkanes) is 20. The van der Waals surface area contributed by atoms with Crippen LogP contribution in [0.3, 0.4) is 0 Å². The summed E-state index contributed by atoms with van der Waals surface area (Å²) in [5.74, 6) is 0. The molecular weight excluding hydrogens is 522 g/mol. The Bertz CT molecular complexity index is 496. The van der Waals surface area contributed by atoms with Gasteiger partial charge in [-0.25, -0.2) is 0 Å². The van der Waals surface area contributed by atoms with Crippen LogP contribution in [0.2, 0.25) is 0 Å². The molecule has 0 saturated carbocycles. The number of hydrogen-bond acceptors (Lipinski definition) is 3. The summed E-state index contributed by atoms with van der Waals surface area (Å²) in [4.78, 5) is 2.80. The second-order valence-electron chi connectivity index (χ2n) is 13.7. The molecule has 0 spiro atoms. The first-order valence-electron chi connectivity index (χ1n) is 20.0. The van der Waals surface area contributed by atoms with E-state index in [1.165, 1.54) is 231 Å². The molecule has 0 fully saturated rings. The Hall–Kier alpha value is -0.380. The molecule has 0 amide bonds. The molecule has 0 atom stereocenters. The van der Waals surface area contributed by atoms with E-state index in [9.17, 15) is 0 Å². The Labute approximate surface area is 273 Å². The second kappa shape index (κ2) is 37.8. The average molecular weight is 606 g/mol. The molecule has 3 heteroatoms. The van der Waals surface area contributed by atoms with E-state index in [1.54, 1.807) is 0 Å². The maximum absolute atomic E-state index is 4.46. The molecular formula is C40H83N3. The maximum atomic E-state index is 4.46. The Morgan fingerprint density at radius 2 is 0.698 bits per heavy atom. The zero-order valence-electron chi connectivity index (χ0n) is 30.4.